The molecule has 0 aromatic rings. The second-order valence-corrected chi connectivity index (χ2v) is 4.40. The van der Waals surface area contributed by atoms with Crippen molar-refractivity contribution in [1.29, 1.82) is 0 Å². The fourth-order valence-electron chi connectivity index (χ4n) is 1.99. The van der Waals surface area contributed by atoms with Gasteiger partial charge in [0, 0.05) is 24.0 Å². The van der Waals surface area contributed by atoms with Gasteiger partial charge in [0.1, 0.15) is 6.29 Å². The molecule has 0 heterocycles. The number of terminal acetylenes is 1. The van der Waals surface area contributed by atoms with Crippen LogP contribution in [-0.2, 0) is 4.79 Å². The van der Waals surface area contributed by atoms with E-state index in [9.17, 15) is 4.79 Å². The van der Waals surface area contributed by atoms with Crippen molar-refractivity contribution >= 4 is 6.29 Å². The van der Waals surface area contributed by atoms with Gasteiger partial charge in [-0.25, -0.2) is 0 Å². The first-order chi connectivity index (χ1) is 8.38. The Bertz CT molecular complexity index is 371. The lowest BCUT2D eigenvalue weighted by molar-refractivity contribution is -0.105. The van der Waals surface area contributed by atoms with Crippen molar-refractivity contribution in [2.45, 2.75) is 57.8 Å². The number of carbonyl (C=O) groups excluding carboxylic acids is 1. The summed E-state index contributed by atoms with van der Waals surface area (Å²) in [5, 5.41) is 0. The molecule has 0 N–H and O–H groups in total. The van der Waals surface area contributed by atoms with Crippen molar-refractivity contribution in [1.82, 2.24) is 0 Å². The summed E-state index contributed by atoms with van der Waals surface area (Å²) in [6.45, 7) is 0. The molecule has 90 valence electrons. The van der Waals surface area contributed by atoms with E-state index in [1.54, 1.807) is 0 Å². The summed E-state index contributed by atoms with van der Waals surface area (Å²) in [6, 6.07) is 0. The summed E-state index contributed by atoms with van der Waals surface area (Å²) in [6.07, 6.45) is 15.4. The average molecular weight is 228 g/mol. The van der Waals surface area contributed by atoms with Gasteiger partial charge in [-0.05, 0) is 38.5 Å². The van der Waals surface area contributed by atoms with Crippen LogP contribution >= 0.6 is 0 Å². The average Bonchev–Trinajstić information content (AvgIpc) is 2.58. The fraction of sp³-hybridized carbons (Fsp3) is 0.562. The molecule has 1 nitrogen and oxygen atoms in total. The standard InChI is InChI=1S/C16H20O/c1-2-3-4-5-6-8-11-15-12-9-7-10-13-16(15)14-17/h1,14H,3-7,9-10,12-13H2. The number of rotatable bonds is 4. The van der Waals surface area contributed by atoms with E-state index in [-0.39, 0.29) is 0 Å². The zero-order valence-corrected chi connectivity index (χ0v) is 10.4. The molecular weight excluding hydrogens is 208 g/mol. The Morgan fingerprint density at radius 2 is 1.88 bits per heavy atom. The molecule has 0 aromatic carbocycles. The molecule has 0 atom stereocenters. The summed E-state index contributed by atoms with van der Waals surface area (Å²) >= 11 is 0. The van der Waals surface area contributed by atoms with Crippen molar-refractivity contribution in [2.75, 3.05) is 0 Å². The van der Waals surface area contributed by atoms with Crippen LogP contribution in [0.1, 0.15) is 57.8 Å². The molecule has 0 fully saturated rings. The highest BCUT2D eigenvalue weighted by atomic mass is 16.1. The van der Waals surface area contributed by atoms with E-state index < -0.39 is 0 Å². The minimum atomic E-state index is 0.837. The molecule has 0 aromatic heterocycles. The van der Waals surface area contributed by atoms with Gasteiger partial charge >= 0.3 is 0 Å². The third-order valence-electron chi connectivity index (χ3n) is 3.01. The molecule has 0 saturated heterocycles. The number of hydrogen-bond donors (Lipinski definition) is 0. The molecule has 0 unspecified atom stereocenters. The first-order valence-electron chi connectivity index (χ1n) is 6.48. The zero-order valence-electron chi connectivity index (χ0n) is 10.4. The lowest BCUT2D eigenvalue weighted by atomic mass is 10.0. The van der Waals surface area contributed by atoms with Crippen molar-refractivity contribution in [2.24, 2.45) is 0 Å². The van der Waals surface area contributed by atoms with Crippen LogP contribution in [0.3, 0.4) is 0 Å². The summed E-state index contributed by atoms with van der Waals surface area (Å²) in [5.41, 5.74) is 2.01. The predicted molar refractivity (Wildman–Crippen MR) is 71.3 cm³/mol. The van der Waals surface area contributed by atoms with Crippen LogP contribution in [-0.4, -0.2) is 6.29 Å². The van der Waals surface area contributed by atoms with Gasteiger partial charge in [0.15, 0.2) is 0 Å². The van der Waals surface area contributed by atoms with E-state index in [4.69, 9.17) is 6.42 Å². The molecule has 0 amide bonds. The molecule has 0 aliphatic heterocycles. The molecule has 17 heavy (non-hydrogen) atoms. The maximum Gasteiger partial charge on any atom is 0.146 e. The zero-order chi connectivity index (χ0) is 12.3. The van der Waals surface area contributed by atoms with Crippen LogP contribution < -0.4 is 0 Å². The molecule has 1 aliphatic carbocycles. The third kappa shape index (κ3) is 5.41. The summed E-state index contributed by atoms with van der Waals surface area (Å²) in [5.74, 6) is 8.99. The summed E-state index contributed by atoms with van der Waals surface area (Å²) in [4.78, 5) is 10.9. The Kier molecular flexibility index (Phi) is 6.92. The highest BCUT2D eigenvalue weighted by molar-refractivity contribution is 5.76. The minimum absolute atomic E-state index is 0.837. The molecule has 1 heteroatoms. The van der Waals surface area contributed by atoms with Crippen molar-refractivity contribution in [3.8, 4) is 24.2 Å². The molecule has 0 bridgehead atoms. The second-order valence-electron chi connectivity index (χ2n) is 4.40. The Morgan fingerprint density at radius 1 is 1.12 bits per heavy atom. The smallest absolute Gasteiger partial charge is 0.146 e. The normalized spacial score (nSPS) is 15.5. The van der Waals surface area contributed by atoms with Gasteiger partial charge in [-0.15, -0.1) is 12.3 Å². The predicted octanol–water partition coefficient (Wildman–Crippen LogP) is 3.64. The maximum absolute atomic E-state index is 10.9. The highest BCUT2D eigenvalue weighted by Gasteiger charge is 2.08. The summed E-state index contributed by atoms with van der Waals surface area (Å²) in [7, 11) is 0. The monoisotopic (exact) mass is 228 g/mol. The van der Waals surface area contributed by atoms with Gasteiger partial charge in [0.25, 0.3) is 0 Å². The molecule has 0 spiro atoms. The topological polar surface area (TPSA) is 17.1 Å². The minimum Gasteiger partial charge on any atom is -0.298 e. The lowest BCUT2D eigenvalue weighted by Crippen LogP contribution is -1.89. The Hall–Kier alpha value is -1.47. The van der Waals surface area contributed by atoms with Crippen LogP contribution in [0.15, 0.2) is 11.1 Å². The highest BCUT2D eigenvalue weighted by Crippen LogP contribution is 2.21. The summed E-state index contributed by atoms with van der Waals surface area (Å²) < 4.78 is 0. The molecule has 0 radical (unpaired) electrons. The quantitative estimate of drug-likeness (QED) is 0.408. The third-order valence-corrected chi connectivity index (χ3v) is 3.01. The SMILES string of the molecule is C#CCCCCC#CC1=C(C=O)CCCCC1. The Labute approximate surface area is 105 Å². The van der Waals surface area contributed by atoms with Gasteiger partial charge in [-0.3, -0.25) is 4.79 Å². The number of allylic oxidation sites excluding steroid dienone is 2. The maximum atomic E-state index is 10.9. The Morgan fingerprint density at radius 3 is 2.65 bits per heavy atom. The van der Waals surface area contributed by atoms with Crippen molar-refractivity contribution < 1.29 is 4.79 Å². The Balaban J connectivity index is 2.46. The number of aldehydes is 1. The van der Waals surface area contributed by atoms with Crippen LogP contribution in [0.5, 0.6) is 0 Å². The van der Waals surface area contributed by atoms with Crippen LogP contribution in [0.25, 0.3) is 0 Å². The molecule has 1 rings (SSSR count). The van der Waals surface area contributed by atoms with Gasteiger partial charge in [0.05, 0.1) is 0 Å². The first kappa shape index (κ1) is 13.6. The van der Waals surface area contributed by atoms with Crippen LogP contribution in [0.2, 0.25) is 0 Å². The lowest BCUT2D eigenvalue weighted by Gasteiger charge is -1.98. The van der Waals surface area contributed by atoms with Crippen LogP contribution in [0.4, 0.5) is 0 Å². The molecular formula is C16H20O. The van der Waals surface area contributed by atoms with Gasteiger partial charge in [-0.2, -0.15) is 0 Å². The van der Waals surface area contributed by atoms with Crippen LogP contribution in [0, 0.1) is 24.2 Å². The van der Waals surface area contributed by atoms with E-state index in [1.807, 2.05) is 0 Å². The van der Waals surface area contributed by atoms with Gasteiger partial charge in [0.2, 0.25) is 0 Å². The van der Waals surface area contributed by atoms with E-state index in [0.29, 0.717) is 0 Å². The number of unbranched alkanes of at least 4 members (excludes halogenated alkanes) is 3. The number of hydrogen-bond acceptors (Lipinski definition) is 1. The number of carbonyl (C=O) groups is 1. The second kappa shape index (κ2) is 8.66. The molecule has 0 saturated carbocycles. The van der Waals surface area contributed by atoms with Gasteiger partial charge < -0.3 is 0 Å². The first-order valence-corrected chi connectivity index (χ1v) is 6.48. The van der Waals surface area contributed by atoms with Crippen molar-refractivity contribution in [3.63, 3.8) is 0 Å². The molecule has 1 aliphatic rings. The largest absolute Gasteiger partial charge is 0.298 e. The van der Waals surface area contributed by atoms with Gasteiger partial charge in [-0.1, -0.05) is 18.3 Å². The van der Waals surface area contributed by atoms with Crippen molar-refractivity contribution in [3.05, 3.63) is 11.1 Å². The van der Waals surface area contributed by atoms with E-state index in [2.05, 4.69) is 17.8 Å². The fourth-order valence-corrected chi connectivity index (χ4v) is 1.99. The van der Waals surface area contributed by atoms with E-state index in [0.717, 1.165) is 62.4 Å². The van der Waals surface area contributed by atoms with E-state index >= 15 is 0 Å². The van der Waals surface area contributed by atoms with E-state index in [1.165, 1.54) is 12.8 Å².